The summed E-state index contributed by atoms with van der Waals surface area (Å²) < 4.78 is 16.3. The highest BCUT2D eigenvalue weighted by molar-refractivity contribution is 7.84. The Hall–Kier alpha value is 0.0700. The Morgan fingerprint density at radius 3 is 2.79 bits per heavy atom. The summed E-state index contributed by atoms with van der Waals surface area (Å²) in [6.45, 7) is 6.04. The van der Waals surface area contributed by atoms with Crippen LogP contribution in [0.15, 0.2) is 0 Å². The zero-order valence-corrected chi connectivity index (χ0v) is 10.1. The third-order valence-corrected chi connectivity index (χ3v) is 3.67. The molecule has 1 heterocycles. The van der Waals surface area contributed by atoms with Crippen LogP contribution in [0.3, 0.4) is 0 Å². The minimum atomic E-state index is -0.707. The van der Waals surface area contributed by atoms with Gasteiger partial charge in [-0.1, -0.05) is 0 Å². The van der Waals surface area contributed by atoms with Crippen molar-refractivity contribution in [1.82, 2.24) is 5.32 Å². The lowest BCUT2D eigenvalue weighted by Gasteiger charge is -2.23. The van der Waals surface area contributed by atoms with Crippen LogP contribution < -0.4 is 5.32 Å². The maximum Gasteiger partial charge on any atom is 0.0509 e. The molecule has 0 aromatic rings. The van der Waals surface area contributed by atoms with Gasteiger partial charge in [0.15, 0.2) is 0 Å². The zero-order valence-electron chi connectivity index (χ0n) is 9.29. The van der Waals surface area contributed by atoms with Gasteiger partial charge in [-0.05, 0) is 26.2 Å². The van der Waals surface area contributed by atoms with E-state index in [1.165, 1.54) is 0 Å². The lowest BCUT2D eigenvalue weighted by Crippen LogP contribution is -2.42. The first kappa shape index (κ1) is 12.1. The topological polar surface area (TPSA) is 38.3 Å². The molecule has 0 aromatic carbocycles. The first-order valence-corrected chi connectivity index (χ1v) is 6.96. The Labute approximate surface area is 89.1 Å². The van der Waals surface area contributed by atoms with Crippen molar-refractivity contribution in [2.75, 3.05) is 25.2 Å². The van der Waals surface area contributed by atoms with E-state index in [4.69, 9.17) is 4.74 Å². The van der Waals surface area contributed by atoms with Gasteiger partial charge in [-0.15, -0.1) is 0 Å². The smallest absolute Gasteiger partial charge is 0.0509 e. The third kappa shape index (κ3) is 4.07. The molecule has 0 spiro atoms. The Balaban J connectivity index is 2.24. The lowest BCUT2D eigenvalue weighted by atomic mass is 10.0. The van der Waals surface area contributed by atoms with E-state index in [2.05, 4.69) is 19.2 Å². The van der Waals surface area contributed by atoms with E-state index in [0.29, 0.717) is 18.0 Å². The molecule has 0 saturated carbocycles. The van der Waals surface area contributed by atoms with E-state index in [1.807, 2.05) is 0 Å². The van der Waals surface area contributed by atoms with Crippen LogP contribution in [0, 0.1) is 5.92 Å². The van der Waals surface area contributed by atoms with Gasteiger partial charge in [0.05, 0.1) is 6.61 Å². The van der Waals surface area contributed by atoms with Gasteiger partial charge < -0.3 is 10.1 Å². The molecule has 0 aliphatic carbocycles. The molecule has 1 rings (SSSR count). The third-order valence-electron chi connectivity index (χ3n) is 2.70. The summed E-state index contributed by atoms with van der Waals surface area (Å²) in [6, 6.07) is 0.799. The largest absolute Gasteiger partial charge is 0.381 e. The van der Waals surface area contributed by atoms with Crippen LogP contribution in [0.25, 0.3) is 0 Å². The maximum absolute atomic E-state index is 11.0. The van der Waals surface area contributed by atoms with Crippen molar-refractivity contribution < 1.29 is 8.95 Å². The molecule has 4 atom stereocenters. The highest BCUT2D eigenvalue weighted by Crippen LogP contribution is 2.16. The van der Waals surface area contributed by atoms with Crippen LogP contribution in [0.4, 0.5) is 0 Å². The predicted molar refractivity (Wildman–Crippen MR) is 59.9 cm³/mol. The Morgan fingerprint density at radius 1 is 1.57 bits per heavy atom. The second kappa shape index (κ2) is 5.83. The number of rotatable bonds is 5. The predicted octanol–water partition coefficient (Wildman–Crippen LogP) is 0.768. The summed E-state index contributed by atoms with van der Waals surface area (Å²) in [5.41, 5.74) is 0. The SMILES string of the molecule is CC(CS(C)=O)NC(C)C1CCOC1. The molecule has 1 aliphatic heterocycles. The molecule has 1 fully saturated rings. The second-order valence-electron chi connectivity index (χ2n) is 4.22. The van der Waals surface area contributed by atoms with E-state index >= 15 is 0 Å². The van der Waals surface area contributed by atoms with Gasteiger partial charge >= 0.3 is 0 Å². The monoisotopic (exact) mass is 219 g/mol. The van der Waals surface area contributed by atoms with Crippen LogP contribution in [0.5, 0.6) is 0 Å². The summed E-state index contributed by atoms with van der Waals surface area (Å²) in [4.78, 5) is 0. The molecular weight excluding hydrogens is 198 g/mol. The molecule has 0 aromatic heterocycles. The quantitative estimate of drug-likeness (QED) is 0.742. The summed E-state index contributed by atoms with van der Waals surface area (Å²) >= 11 is 0. The fraction of sp³-hybridized carbons (Fsp3) is 1.00. The Morgan fingerprint density at radius 2 is 2.29 bits per heavy atom. The van der Waals surface area contributed by atoms with Crippen molar-refractivity contribution in [3.8, 4) is 0 Å². The molecule has 3 nitrogen and oxygen atoms in total. The molecule has 1 N–H and O–H groups in total. The minimum Gasteiger partial charge on any atom is -0.381 e. The normalized spacial score (nSPS) is 28.6. The summed E-state index contributed by atoms with van der Waals surface area (Å²) in [5.74, 6) is 1.36. The van der Waals surface area contributed by atoms with Crippen molar-refractivity contribution in [3.05, 3.63) is 0 Å². The average Bonchev–Trinajstić information content (AvgIpc) is 2.53. The van der Waals surface area contributed by atoms with Gasteiger partial charge in [0.25, 0.3) is 0 Å². The van der Waals surface area contributed by atoms with E-state index < -0.39 is 10.8 Å². The number of ether oxygens (including phenoxy) is 1. The van der Waals surface area contributed by atoms with Crippen LogP contribution in [0.1, 0.15) is 20.3 Å². The number of hydrogen-bond acceptors (Lipinski definition) is 3. The van der Waals surface area contributed by atoms with E-state index in [9.17, 15) is 4.21 Å². The Bertz CT molecular complexity index is 193. The fourth-order valence-corrected chi connectivity index (χ4v) is 2.73. The van der Waals surface area contributed by atoms with Gasteiger partial charge in [-0.3, -0.25) is 4.21 Å². The zero-order chi connectivity index (χ0) is 10.6. The Kier molecular flexibility index (Phi) is 5.06. The minimum absolute atomic E-state index is 0.330. The molecule has 0 bridgehead atoms. The van der Waals surface area contributed by atoms with Gasteiger partial charge in [-0.25, -0.2) is 0 Å². The second-order valence-corrected chi connectivity index (χ2v) is 5.70. The van der Waals surface area contributed by atoms with Gasteiger partial charge in [0.2, 0.25) is 0 Å². The molecule has 0 radical (unpaired) electrons. The molecule has 14 heavy (non-hydrogen) atoms. The standard InChI is InChI=1S/C10H21NO2S/c1-8(7-14(3)12)11-9(2)10-4-5-13-6-10/h8-11H,4-7H2,1-3H3. The molecule has 84 valence electrons. The first-order valence-electron chi connectivity index (χ1n) is 5.23. The fourth-order valence-electron chi connectivity index (χ4n) is 1.93. The van der Waals surface area contributed by atoms with E-state index in [-0.39, 0.29) is 0 Å². The molecule has 1 saturated heterocycles. The van der Waals surface area contributed by atoms with Crippen LogP contribution in [-0.4, -0.2) is 41.5 Å². The molecule has 1 aliphatic rings. The summed E-state index contributed by atoms with van der Waals surface area (Å²) in [6.07, 6.45) is 2.90. The van der Waals surface area contributed by atoms with Crippen molar-refractivity contribution in [2.45, 2.75) is 32.4 Å². The highest BCUT2D eigenvalue weighted by atomic mass is 32.2. The van der Waals surface area contributed by atoms with Crippen LogP contribution in [-0.2, 0) is 15.5 Å². The summed E-state index contributed by atoms with van der Waals surface area (Å²) in [7, 11) is -0.707. The van der Waals surface area contributed by atoms with Crippen LogP contribution >= 0.6 is 0 Å². The molecule has 4 heteroatoms. The average molecular weight is 219 g/mol. The van der Waals surface area contributed by atoms with Crippen molar-refractivity contribution >= 4 is 10.8 Å². The van der Waals surface area contributed by atoms with Crippen molar-refractivity contribution in [3.63, 3.8) is 0 Å². The van der Waals surface area contributed by atoms with Crippen molar-refractivity contribution in [2.24, 2.45) is 5.92 Å². The van der Waals surface area contributed by atoms with Gasteiger partial charge in [-0.2, -0.15) is 0 Å². The lowest BCUT2D eigenvalue weighted by molar-refractivity contribution is 0.177. The van der Waals surface area contributed by atoms with Gasteiger partial charge in [0.1, 0.15) is 0 Å². The molecule has 4 unspecified atom stereocenters. The first-order chi connectivity index (χ1) is 6.59. The van der Waals surface area contributed by atoms with E-state index in [1.54, 1.807) is 6.26 Å². The number of hydrogen-bond donors (Lipinski definition) is 1. The molecule has 0 amide bonds. The summed E-state index contributed by atoms with van der Waals surface area (Å²) in [5, 5.41) is 3.48. The van der Waals surface area contributed by atoms with Crippen molar-refractivity contribution in [1.29, 1.82) is 0 Å². The maximum atomic E-state index is 11.0. The van der Waals surface area contributed by atoms with Gasteiger partial charge in [0, 0.05) is 41.5 Å². The molecular formula is C10H21NO2S. The highest BCUT2D eigenvalue weighted by Gasteiger charge is 2.23. The van der Waals surface area contributed by atoms with E-state index in [0.717, 1.165) is 25.4 Å². The van der Waals surface area contributed by atoms with Crippen LogP contribution in [0.2, 0.25) is 0 Å². The number of nitrogens with one attached hydrogen (secondary N) is 1.